The normalized spacial score (nSPS) is 15.8. The first-order valence-corrected chi connectivity index (χ1v) is 5.38. The first-order chi connectivity index (χ1) is 4.98. The molecule has 0 heterocycles. The van der Waals surface area contributed by atoms with E-state index in [4.69, 9.17) is 4.89 Å². The molecule has 0 aromatic carbocycles. The number of hydrogen-bond donors (Lipinski definition) is 1. The summed E-state index contributed by atoms with van der Waals surface area (Å²) in [5, 5.41) is 0. The molecule has 1 unspecified atom stereocenters. The minimum absolute atomic E-state index is 0.0169. The van der Waals surface area contributed by atoms with Crippen molar-refractivity contribution >= 4 is 15.7 Å². The second kappa shape index (κ2) is 4.80. The van der Waals surface area contributed by atoms with Gasteiger partial charge in [0.2, 0.25) is 0 Å². The van der Waals surface area contributed by atoms with Gasteiger partial charge in [-0.25, -0.2) is 13.7 Å². The van der Waals surface area contributed by atoms with E-state index in [0.717, 1.165) is 0 Å². The molecule has 0 aromatic rings. The lowest BCUT2D eigenvalue weighted by Gasteiger charge is -2.04. The van der Waals surface area contributed by atoms with Crippen LogP contribution in [0.2, 0.25) is 0 Å². The molecule has 0 amide bonds. The van der Waals surface area contributed by atoms with Crippen LogP contribution >= 0.6 is 15.7 Å². The van der Waals surface area contributed by atoms with E-state index in [1.165, 1.54) is 0 Å². The second-order valence-electron chi connectivity index (χ2n) is 1.61. The van der Waals surface area contributed by atoms with Gasteiger partial charge in [0.1, 0.15) is 0 Å². The molecule has 0 bridgehead atoms. The summed E-state index contributed by atoms with van der Waals surface area (Å²) in [7, 11) is -7.70. The van der Waals surface area contributed by atoms with Crippen molar-refractivity contribution in [1.82, 2.24) is 0 Å². The maximum absolute atomic E-state index is 10.5. The van der Waals surface area contributed by atoms with E-state index in [-0.39, 0.29) is 6.61 Å². The van der Waals surface area contributed by atoms with Gasteiger partial charge in [0.05, 0.1) is 6.61 Å². The van der Waals surface area contributed by atoms with Crippen LogP contribution in [0.1, 0.15) is 13.3 Å². The van der Waals surface area contributed by atoms with Gasteiger partial charge in [-0.3, -0.25) is 4.52 Å². The summed E-state index contributed by atoms with van der Waals surface area (Å²) in [4.78, 5) is 8.54. The van der Waals surface area contributed by atoms with Crippen LogP contribution in [0.4, 0.5) is 0 Å². The van der Waals surface area contributed by atoms with Gasteiger partial charge in [-0.1, -0.05) is 6.92 Å². The Morgan fingerprint density at radius 2 is 2.09 bits per heavy atom. The number of phosphoric ester groups is 1. The Kier molecular flexibility index (Phi) is 4.81. The maximum atomic E-state index is 10.5. The van der Waals surface area contributed by atoms with Crippen LogP contribution < -0.4 is 0 Å². The fourth-order valence-electron chi connectivity index (χ4n) is 0.314. The molecule has 66 valence electrons. The zero-order valence-corrected chi connectivity index (χ0v) is 7.59. The topological polar surface area (TPSA) is 89.9 Å². The Morgan fingerprint density at radius 3 is 2.45 bits per heavy atom. The van der Waals surface area contributed by atoms with Gasteiger partial charge >= 0.3 is 15.7 Å². The molecule has 0 radical (unpaired) electrons. The fourth-order valence-corrected chi connectivity index (χ4v) is 1.59. The van der Waals surface area contributed by atoms with E-state index in [9.17, 15) is 13.7 Å². The van der Waals surface area contributed by atoms with E-state index in [1.807, 2.05) is 0 Å². The third kappa shape index (κ3) is 6.41. The summed E-state index contributed by atoms with van der Waals surface area (Å²) in [6, 6.07) is 0. The van der Waals surface area contributed by atoms with Crippen LogP contribution in [0.5, 0.6) is 0 Å². The first kappa shape index (κ1) is 11.0. The molecule has 0 saturated carbocycles. The zero-order valence-electron chi connectivity index (χ0n) is 5.80. The molecule has 0 aromatic heterocycles. The molecule has 0 rings (SSSR count). The molecule has 0 aliphatic carbocycles. The van der Waals surface area contributed by atoms with E-state index in [1.54, 1.807) is 6.92 Å². The third-order valence-corrected chi connectivity index (χ3v) is 2.50. The van der Waals surface area contributed by atoms with Gasteiger partial charge in [-0.2, -0.15) is 4.31 Å². The highest BCUT2D eigenvalue weighted by atomic mass is 31.2. The molecule has 6 nitrogen and oxygen atoms in total. The van der Waals surface area contributed by atoms with Crippen LogP contribution in [0, 0.1) is 0 Å². The van der Waals surface area contributed by atoms with Crippen molar-refractivity contribution in [1.29, 1.82) is 0 Å². The minimum atomic E-state index is -4.36. The summed E-state index contributed by atoms with van der Waals surface area (Å²) >= 11 is 0. The van der Waals surface area contributed by atoms with Crippen molar-refractivity contribution in [3.05, 3.63) is 0 Å². The largest absolute Gasteiger partial charge is 0.484 e. The molecule has 1 atom stereocenters. The van der Waals surface area contributed by atoms with Crippen molar-refractivity contribution < 1.29 is 27.4 Å². The lowest BCUT2D eigenvalue weighted by atomic mass is 10.5. The summed E-state index contributed by atoms with van der Waals surface area (Å²) in [6.07, 6.45) is 0.504. The highest BCUT2D eigenvalue weighted by Gasteiger charge is 2.23. The van der Waals surface area contributed by atoms with Crippen molar-refractivity contribution in [2.75, 3.05) is 6.61 Å². The maximum Gasteiger partial charge on any atom is 0.484 e. The molecular formula is C3H8O6P2. The summed E-state index contributed by atoms with van der Waals surface area (Å²) < 4.78 is 37.8. The fraction of sp³-hybridized carbons (Fsp3) is 1.00. The lowest BCUT2D eigenvalue weighted by molar-refractivity contribution is 0.204. The van der Waals surface area contributed by atoms with Crippen molar-refractivity contribution in [3.63, 3.8) is 0 Å². The summed E-state index contributed by atoms with van der Waals surface area (Å²) in [5.41, 5.74) is 0. The van der Waals surface area contributed by atoms with E-state index >= 15 is 0 Å². The molecule has 8 heteroatoms. The van der Waals surface area contributed by atoms with Crippen LogP contribution in [-0.2, 0) is 22.5 Å². The Morgan fingerprint density at radius 1 is 1.55 bits per heavy atom. The molecule has 0 saturated heterocycles. The third-order valence-electron chi connectivity index (χ3n) is 0.628. The Balaban J connectivity index is 3.90. The first-order valence-electron chi connectivity index (χ1n) is 2.79. The summed E-state index contributed by atoms with van der Waals surface area (Å²) in [6.45, 7) is 1.69. The van der Waals surface area contributed by atoms with Crippen molar-refractivity contribution in [2.45, 2.75) is 13.3 Å². The van der Waals surface area contributed by atoms with Crippen molar-refractivity contribution in [2.24, 2.45) is 0 Å². The molecule has 0 spiro atoms. The zero-order chi connectivity index (χ0) is 8.91. The second-order valence-corrected chi connectivity index (χ2v) is 3.90. The van der Waals surface area contributed by atoms with Gasteiger partial charge in [0, 0.05) is 0 Å². The highest BCUT2D eigenvalue weighted by Crippen LogP contribution is 2.48. The van der Waals surface area contributed by atoms with Gasteiger partial charge in [-0.05, 0) is 6.42 Å². The molecule has 0 aliphatic heterocycles. The van der Waals surface area contributed by atoms with E-state index in [0.29, 0.717) is 6.42 Å². The standard InChI is InChI=1S/C3H8O6P2/c1-2-3-8-11(6,7)9-10(4)5/h2-3H2,1H3,(H,6,7). The van der Waals surface area contributed by atoms with Gasteiger partial charge < -0.3 is 4.89 Å². The van der Waals surface area contributed by atoms with Gasteiger partial charge in [0.15, 0.2) is 0 Å². The van der Waals surface area contributed by atoms with Crippen LogP contribution in [-0.4, -0.2) is 11.5 Å². The number of rotatable bonds is 5. The number of phosphoric acid groups is 1. The highest BCUT2D eigenvalue weighted by molar-refractivity contribution is 7.54. The molecular weight excluding hydrogens is 194 g/mol. The van der Waals surface area contributed by atoms with Gasteiger partial charge in [-0.15, -0.1) is 0 Å². The molecule has 0 aliphatic rings. The van der Waals surface area contributed by atoms with Crippen LogP contribution in [0.15, 0.2) is 0 Å². The smallest absolute Gasteiger partial charge is 0.302 e. The monoisotopic (exact) mass is 202 g/mol. The predicted octanol–water partition coefficient (Wildman–Crippen LogP) is 1.62. The minimum Gasteiger partial charge on any atom is -0.302 e. The average Bonchev–Trinajstić information content (AvgIpc) is 1.81. The quantitative estimate of drug-likeness (QED) is 0.681. The van der Waals surface area contributed by atoms with Crippen LogP contribution in [0.25, 0.3) is 0 Å². The molecule has 11 heavy (non-hydrogen) atoms. The van der Waals surface area contributed by atoms with E-state index < -0.39 is 15.7 Å². The molecule has 1 N–H and O–H groups in total. The molecule has 0 fully saturated rings. The van der Waals surface area contributed by atoms with Crippen molar-refractivity contribution in [3.8, 4) is 0 Å². The Hall–Kier alpha value is 0.01000. The van der Waals surface area contributed by atoms with E-state index in [2.05, 4.69) is 8.83 Å². The van der Waals surface area contributed by atoms with Crippen LogP contribution in [0.3, 0.4) is 0 Å². The number of hydrogen-bond acceptors (Lipinski definition) is 5. The Bertz CT molecular complexity index is 212. The van der Waals surface area contributed by atoms with Gasteiger partial charge in [0.25, 0.3) is 0 Å². The SMILES string of the molecule is CCCOP(=O)(O)OP(=O)=O. The Labute approximate surface area is 64.0 Å². The average molecular weight is 202 g/mol. The summed E-state index contributed by atoms with van der Waals surface area (Å²) in [5.74, 6) is 0. The predicted molar refractivity (Wildman–Crippen MR) is 35.4 cm³/mol. The lowest BCUT2D eigenvalue weighted by Crippen LogP contribution is -1.90.